The van der Waals surface area contributed by atoms with E-state index < -0.39 is 23.5 Å². The van der Waals surface area contributed by atoms with E-state index in [2.05, 4.69) is 10.1 Å². The Bertz CT molecular complexity index is 435. The average molecular weight is 254 g/mol. The number of ether oxygens (including phenoxy) is 1. The molecule has 0 saturated carbocycles. The van der Waals surface area contributed by atoms with Crippen molar-refractivity contribution in [2.24, 2.45) is 0 Å². The van der Waals surface area contributed by atoms with Gasteiger partial charge in [0.05, 0.1) is 12.6 Å². The number of hydrogen-bond acceptors (Lipinski definition) is 4. The molecule has 2 aliphatic rings. The van der Waals surface area contributed by atoms with Gasteiger partial charge in [0.15, 0.2) is 0 Å². The SMILES string of the molecule is COC(=O)C1=CC2(CCN(C(=O)O)CC2)NC1=O. The Morgan fingerprint density at radius 1 is 1.44 bits per heavy atom. The third-order valence-electron chi connectivity index (χ3n) is 3.36. The molecule has 0 atom stereocenters. The lowest BCUT2D eigenvalue weighted by atomic mass is 9.88. The van der Waals surface area contributed by atoms with E-state index in [1.165, 1.54) is 12.0 Å². The lowest BCUT2D eigenvalue weighted by Gasteiger charge is -2.36. The lowest BCUT2D eigenvalue weighted by Crippen LogP contribution is -2.52. The highest BCUT2D eigenvalue weighted by Gasteiger charge is 2.43. The normalized spacial score (nSPS) is 21.5. The molecule has 2 heterocycles. The van der Waals surface area contributed by atoms with E-state index in [0.717, 1.165) is 0 Å². The first-order valence-corrected chi connectivity index (χ1v) is 5.59. The second kappa shape index (κ2) is 4.32. The topological polar surface area (TPSA) is 95.9 Å². The van der Waals surface area contributed by atoms with Gasteiger partial charge in [0, 0.05) is 13.1 Å². The second-order valence-electron chi connectivity index (χ2n) is 4.43. The molecule has 7 heteroatoms. The van der Waals surface area contributed by atoms with Gasteiger partial charge in [-0.15, -0.1) is 0 Å². The minimum Gasteiger partial charge on any atom is -0.465 e. The number of carboxylic acid groups (broad SMARTS) is 1. The number of carbonyl (C=O) groups is 3. The van der Waals surface area contributed by atoms with Gasteiger partial charge < -0.3 is 20.1 Å². The second-order valence-corrected chi connectivity index (χ2v) is 4.43. The predicted octanol–water partition coefficient (Wildman–Crippen LogP) is -0.272. The maximum Gasteiger partial charge on any atom is 0.407 e. The van der Waals surface area contributed by atoms with Crippen LogP contribution in [0.2, 0.25) is 0 Å². The smallest absolute Gasteiger partial charge is 0.407 e. The van der Waals surface area contributed by atoms with Crippen LogP contribution in [0.15, 0.2) is 11.6 Å². The summed E-state index contributed by atoms with van der Waals surface area (Å²) in [6.07, 6.45) is 1.53. The summed E-state index contributed by atoms with van der Waals surface area (Å²) in [5.74, 6) is -1.12. The third-order valence-corrected chi connectivity index (χ3v) is 3.36. The molecule has 1 saturated heterocycles. The van der Waals surface area contributed by atoms with Gasteiger partial charge >= 0.3 is 12.1 Å². The van der Waals surface area contributed by atoms with Crippen LogP contribution in [0, 0.1) is 0 Å². The van der Waals surface area contributed by atoms with Crippen molar-refractivity contribution >= 4 is 18.0 Å². The van der Waals surface area contributed by atoms with E-state index in [9.17, 15) is 14.4 Å². The molecule has 0 aliphatic carbocycles. The van der Waals surface area contributed by atoms with E-state index in [4.69, 9.17) is 5.11 Å². The van der Waals surface area contributed by atoms with Crippen LogP contribution in [0.4, 0.5) is 4.79 Å². The first-order valence-electron chi connectivity index (χ1n) is 5.59. The molecule has 1 spiro atoms. The fourth-order valence-electron chi connectivity index (χ4n) is 2.30. The molecular formula is C11H14N2O5. The van der Waals surface area contributed by atoms with Gasteiger partial charge in [-0.1, -0.05) is 0 Å². The quantitative estimate of drug-likeness (QED) is 0.496. The summed E-state index contributed by atoms with van der Waals surface area (Å²) in [6.45, 7) is 0.668. The zero-order valence-electron chi connectivity index (χ0n) is 9.93. The number of piperidine rings is 1. The summed E-state index contributed by atoms with van der Waals surface area (Å²) < 4.78 is 4.53. The maximum absolute atomic E-state index is 11.7. The average Bonchev–Trinajstić information content (AvgIpc) is 2.66. The first kappa shape index (κ1) is 12.4. The van der Waals surface area contributed by atoms with E-state index in [-0.39, 0.29) is 5.57 Å². The Morgan fingerprint density at radius 3 is 2.56 bits per heavy atom. The Morgan fingerprint density at radius 2 is 2.06 bits per heavy atom. The zero-order valence-corrected chi connectivity index (χ0v) is 9.93. The molecule has 0 aromatic carbocycles. The summed E-state index contributed by atoms with van der Waals surface area (Å²) in [7, 11) is 1.22. The molecule has 2 aliphatic heterocycles. The number of amides is 2. The van der Waals surface area contributed by atoms with Crippen LogP contribution in [-0.2, 0) is 14.3 Å². The summed E-state index contributed by atoms with van der Waals surface area (Å²) in [6, 6.07) is 0. The number of methoxy groups -OCH3 is 1. The summed E-state index contributed by atoms with van der Waals surface area (Å²) in [5.41, 5.74) is -0.603. The van der Waals surface area contributed by atoms with Crippen molar-refractivity contribution in [3.8, 4) is 0 Å². The molecule has 98 valence electrons. The fourth-order valence-corrected chi connectivity index (χ4v) is 2.30. The van der Waals surface area contributed by atoms with Gasteiger partial charge in [-0.25, -0.2) is 9.59 Å². The molecule has 0 aromatic heterocycles. The standard InChI is InChI=1S/C11H14N2O5/c1-18-9(15)7-6-11(12-8(7)14)2-4-13(5-3-11)10(16)17/h6H,2-5H2,1H3,(H,12,14)(H,16,17). The van der Waals surface area contributed by atoms with Crippen molar-refractivity contribution < 1.29 is 24.2 Å². The molecule has 2 N–H and O–H groups in total. The van der Waals surface area contributed by atoms with Crippen LogP contribution in [-0.4, -0.2) is 53.7 Å². The van der Waals surface area contributed by atoms with Crippen molar-refractivity contribution in [1.29, 1.82) is 0 Å². The zero-order chi connectivity index (χ0) is 13.3. The number of likely N-dealkylation sites (tertiary alicyclic amines) is 1. The van der Waals surface area contributed by atoms with Gasteiger partial charge in [-0.05, 0) is 18.9 Å². The molecular weight excluding hydrogens is 240 g/mol. The van der Waals surface area contributed by atoms with Crippen LogP contribution in [0.1, 0.15) is 12.8 Å². The van der Waals surface area contributed by atoms with Gasteiger partial charge in [0.25, 0.3) is 5.91 Å². The molecule has 0 unspecified atom stereocenters. The number of nitrogens with zero attached hydrogens (tertiary/aromatic N) is 1. The minimum atomic E-state index is -0.966. The van der Waals surface area contributed by atoms with Gasteiger partial charge in [-0.3, -0.25) is 4.79 Å². The molecule has 0 bridgehead atoms. The predicted molar refractivity (Wildman–Crippen MR) is 59.8 cm³/mol. The highest BCUT2D eigenvalue weighted by molar-refractivity contribution is 6.18. The summed E-state index contributed by atoms with van der Waals surface area (Å²) >= 11 is 0. The molecule has 0 aromatic rings. The molecule has 2 rings (SSSR count). The Labute approximate surface area is 103 Å². The molecule has 2 amide bonds. The third kappa shape index (κ3) is 2.03. The van der Waals surface area contributed by atoms with Crippen LogP contribution in [0.25, 0.3) is 0 Å². The van der Waals surface area contributed by atoms with Crippen LogP contribution in [0.3, 0.4) is 0 Å². The number of nitrogens with one attached hydrogen (secondary N) is 1. The van der Waals surface area contributed by atoms with E-state index in [0.29, 0.717) is 25.9 Å². The fraction of sp³-hybridized carbons (Fsp3) is 0.545. The van der Waals surface area contributed by atoms with E-state index in [1.54, 1.807) is 6.08 Å². The molecule has 0 radical (unpaired) electrons. The van der Waals surface area contributed by atoms with Crippen molar-refractivity contribution in [3.63, 3.8) is 0 Å². The van der Waals surface area contributed by atoms with Crippen LogP contribution < -0.4 is 5.32 Å². The van der Waals surface area contributed by atoms with Gasteiger partial charge in [0.1, 0.15) is 5.57 Å². The van der Waals surface area contributed by atoms with Crippen molar-refractivity contribution in [2.45, 2.75) is 18.4 Å². The van der Waals surface area contributed by atoms with Crippen molar-refractivity contribution in [3.05, 3.63) is 11.6 Å². The highest BCUT2D eigenvalue weighted by atomic mass is 16.5. The molecule has 1 fully saturated rings. The maximum atomic E-state index is 11.7. The van der Waals surface area contributed by atoms with Crippen LogP contribution >= 0.6 is 0 Å². The summed E-state index contributed by atoms with van der Waals surface area (Å²) in [4.78, 5) is 35.1. The van der Waals surface area contributed by atoms with Crippen LogP contribution in [0.5, 0.6) is 0 Å². The molecule has 18 heavy (non-hydrogen) atoms. The van der Waals surface area contributed by atoms with E-state index in [1.807, 2.05) is 0 Å². The first-order chi connectivity index (χ1) is 8.47. The largest absolute Gasteiger partial charge is 0.465 e. The number of esters is 1. The number of carbonyl (C=O) groups excluding carboxylic acids is 2. The minimum absolute atomic E-state index is 0.00118. The number of rotatable bonds is 1. The Hall–Kier alpha value is -2.05. The van der Waals surface area contributed by atoms with Gasteiger partial charge in [-0.2, -0.15) is 0 Å². The molecule has 7 nitrogen and oxygen atoms in total. The Balaban J connectivity index is 2.12. The lowest BCUT2D eigenvalue weighted by molar-refractivity contribution is -0.137. The monoisotopic (exact) mass is 254 g/mol. The van der Waals surface area contributed by atoms with Crippen molar-refractivity contribution in [1.82, 2.24) is 10.2 Å². The summed E-state index contributed by atoms with van der Waals surface area (Å²) in [5, 5.41) is 11.6. The highest BCUT2D eigenvalue weighted by Crippen LogP contribution is 2.29. The Kier molecular flexibility index (Phi) is 2.98. The van der Waals surface area contributed by atoms with Gasteiger partial charge in [0.2, 0.25) is 0 Å². The number of hydrogen-bond donors (Lipinski definition) is 2. The van der Waals surface area contributed by atoms with Crippen molar-refractivity contribution in [2.75, 3.05) is 20.2 Å². The van der Waals surface area contributed by atoms with E-state index >= 15 is 0 Å².